The van der Waals surface area contributed by atoms with Crippen molar-refractivity contribution < 1.29 is 4.79 Å². The van der Waals surface area contributed by atoms with Crippen LogP contribution in [0.15, 0.2) is 30.6 Å². The number of nitrogens with two attached hydrogens (primary N) is 1. The number of aromatic nitrogens is 4. The van der Waals surface area contributed by atoms with Gasteiger partial charge < -0.3 is 25.3 Å². The molecule has 3 aromatic rings. The van der Waals surface area contributed by atoms with E-state index in [2.05, 4.69) is 10.3 Å². The molecule has 1 fully saturated rings. The van der Waals surface area contributed by atoms with Crippen LogP contribution in [0, 0.1) is 5.92 Å². The molecule has 4 rings (SSSR count). The quantitative estimate of drug-likeness (QED) is 0.636. The summed E-state index contributed by atoms with van der Waals surface area (Å²) in [5.41, 5.74) is 8.53. The predicted molar refractivity (Wildman–Crippen MR) is 110 cm³/mol. The van der Waals surface area contributed by atoms with E-state index in [0.717, 1.165) is 37.0 Å². The van der Waals surface area contributed by atoms with Crippen molar-refractivity contribution in [1.29, 1.82) is 0 Å². The summed E-state index contributed by atoms with van der Waals surface area (Å²) in [6.45, 7) is 3.46. The third kappa shape index (κ3) is 3.41. The molecule has 1 aromatic carbocycles. The molecule has 0 aliphatic carbocycles. The summed E-state index contributed by atoms with van der Waals surface area (Å²) in [6, 6.07) is 7.40. The lowest BCUT2D eigenvalue weighted by molar-refractivity contribution is -0.112. The number of piperidine rings is 1. The van der Waals surface area contributed by atoms with Crippen LogP contribution in [0.4, 0.5) is 17.5 Å². The molecule has 0 spiro atoms. The van der Waals surface area contributed by atoms with Crippen molar-refractivity contribution in [3.05, 3.63) is 35.6 Å². The minimum atomic E-state index is -0.444. The van der Waals surface area contributed by atoms with Gasteiger partial charge in [0, 0.05) is 29.7 Å². The number of carbonyl (C=O) groups excluding carboxylic acids is 1. The summed E-state index contributed by atoms with van der Waals surface area (Å²) >= 11 is 6.11. The van der Waals surface area contributed by atoms with Crippen LogP contribution >= 0.6 is 11.6 Å². The summed E-state index contributed by atoms with van der Waals surface area (Å²) in [6.07, 6.45) is 3.88. The van der Waals surface area contributed by atoms with Gasteiger partial charge in [0.2, 0.25) is 5.95 Å². The van der Waals surface area contributed by atoms with Gasteiger partial charge in [-0.1, -0.05) is 17.7 Å². The number of nitrogens with one attached hydrogen (secondary N) is 1. The number of nitrogens with zero attached hydrogens (tertiary/aromatic N) is 5. The van der Waals surface area contributed by atoms with Gasteiger partial charge in [-0.15, -0.1) is 0 Å². The van der Waals surface area contributed by atoms with Crippen molar-refractivity contribution in [3.63, 3.8) is 0 Å². The Morgan fingerprint density at radius 3 is 3.00 bits per heavy atom. The van der Waals surface area contributed by atoms with Gasteiger partial charge in [0.05, 0.1) is 12.5 Å². The first kappa shape index (κ1) is 18.6. The van der Waals surface area contributed by atoms with Crippen LogP contribution in [0.1, 0.15) is 19.8 Å². The largest absolute Gasteiger partial charge is 0.338 e. The number of fused-ring (bicyclic) bond motifs is 1. The number of benzene rings is 1. The highest BCUT2D eigenvalue weighted by Crippen LogP contribution is 2.29. The maximum atomic E-state index is 11.4. The van der Waals surface area contributed by atoms with Crippen LogP contribution in [0.5, 0.6) is 0 Å². The highest BCUT2D eigenvalue weighted by Gasteiger charge is 2.31. The number of aldehydes is 1. The molecule has 3 N–H and O–H groups in total. The summed E-state index contributed by atoms with van der Waals surface area (Å²) in [5, 5.41) is 3.92. The molecular weight excluding hydrogens is 378 g/mol. The highest BCUT2D eigenvalue weighted by molar-refractivity contribution is 6.30. The molecule has 0 radical (unpaired) electrons. The SMILES string of the molecule is CCn1cnc2c(Nc3cccc(Cl)c3)nc(N3CCCC(C=O)C3N)nc21. The second-order valence-corrected chi connectivity index (χ2v) is 7.27. The standard InChI is InChI=1S/C19H22ClN7O/c1-2-26-11-22-15-17(23-14-7-3-6-13(20)9-14)24-19(25-18(15)26)27-8-4-5-12(10-28)16(27)21/h3,6-7,9-12,16H,2,4-5,8,21H2,1H3,(H,23,24,25). The lowest BCUT2D eigenvalue weighted by Gasteiger charge is -2.36. The molecule has 1 aliphatic heterocycles. The van der Waals surface area contributed by atoms with Gasteiger partial charge >= 0.3 is 0 Å². The van der Waals surface area contributed by atoms with E-state index in [9.17, 15) is 4.79 Å². The lowest BCUT2D eigenvalue weighted by Crippen LogP contribution is -2.52. The molecule has 3 heterocycles. The maximum Gasteiger partial charge on any atom is 0.230 e. The molecule has 1 aliphatic rings. The van der Waals surface area contributed by atoms with E-state index in [-0.39, 0.29) is 5.92 Å². The van der Waals surface area contributed by atoms with E-state index in [1.54, 1.807) is 6.33 Å². The van der Waals surface area contributed by atoms with E-state index in [1.165, 1.54) is 0 Å². The van der Waals surface area contributed by atoms with Crippen LogP contribution in [0.2, 0.25) is 5.02 Å². The molecule has 28 heavy (non-hydrogen) atoms. The van der Waals surface area contributed by atoms with Crippen LogP contribution in [0.3, 0.4) is 0 Å². The molecule has 8 nitrogen and oxygen atoms in total. The van der Waals surface area contributed by atoms with Gasteiger partial charge in [0.1, 0.15) is 6.29 Å². The number of hydrogen-bond donors (Lipinski definition) is 2. The van der Waals surface area contributed by atoms with Crippen molar-refractivity contribution in [3.8, 4) is 0 Å². The number of hydrogen-bond acceptors (Lipinski definition) is 7. The van der Waals surface area contributed by atoms with E-state index in [0.29, 0.717) is 28.9 Å². The Kier molecular flexibility index (Phi) is 5.15. The fourth-order valence-corrected chi connectivity index (χ4v) is 3.70. The Balaban J connectivity index is 1.80. The molecule has 9 heteroatoms. The summed E-state index contributed by atoms with van der Waals surface area (Å²) in [7, 11) is 0. The van der Waals surface area contributed by atoms with Crippen LogP contribution in [-0.4, -0.2) is 38.5 Å². The van der Waals surface area contributed by atoms with Gasteiger partial charge in [-0.05, 0) is 38.0 Å². The van der Waals surface area contributed by atoms with Gasteiger partial charge in [-0.2, -0.15) is 9.97 Å². The summed E-state index contributed by atoms with van der Waals surface area (Å²) < 4.78 is 1.95. The number of aryl methyl sites for hydroxylation is 1. The van der Waals surface area contributed by atoms with Gasteiger partial charge in [-0.3, -0.25) is 0 Å². The van der Waals surface area contributed by atoms with Crippen molar-refractivity contribution in [1.82, 2.24) is 19.5 Å². The zero-order valence-electron chi connectivity index (χ0n) is 15.5. The lowest BCUT2D eigenvalue weighted by atomic mass is 9.96. The minimum Gasteiger partial charge on any atom is -0.338 e. The van der Waals surface area contributed by atoms with E-state index >= 15 is 0 Å². The highest BCUT2D eigenvalue weighted by atomic mass is 35.5. The molecule has 2 atom stereocenters. The molecule has 146 valence electrons. The Bertz CT molecular complexity index is 1010. The molecule has 1 saturated heterocycles. The Morgan fingerprint density at radius 1 is 1.39 bits per heavy atom. The van der Waals surface area contributed by atoms with E-state index < -0.39 is 6.17 Å². The Labute approximate surface area is 167 Å². The van der Waals surface area contributed by atoms with E-state index in [4.69, 9.17) is 27.3 Å². The third-order valence-corrected chi connectivity index (χ3v) is 5.28. The smallest absolute Gasteiger partial charge is 0.230 e. The van der Waals surface area contributed by atoms with Gasteiger partial charge in [-0.25, -0.2) is 4.98 Å². The number of halogens is 1. The topological polar surface area (TPSA) is 102 Å². The third-order valence-electron chi connectivity index (χ3n) is 5.05. The first-order chi connectivity index (χ1) is 13.6. The first-order valence-corrected chi connectivity index (χ1v) is 9.71. The van der Waals surface area contributed by atoms with E-state index in [1.807, 2.05) is 40.7 Å². The minimum absolute atomic E-state index is 0.228. The molecule has 0 amide bonds. The van der Waals surface area contributed by atoms with Crippen molar-refractivity contribution in [2.24, 2.45) is 11.7 Å². The number of imidazole rings is 1. The van der Waals surface area contributed by atoms with Crippen LogP contribution in [-0.2, 0) is 11.3 Å². The molecular formula is C19H22ClN7O. The van der Waals surface area contributed by atoms with Crippen molar-refractivity contribution >= 4 is 46.5 Å². The molecule has 2 aromatic heterocycles. The molecule has 2 unspecified atom stereocenters. The number of carbonyl (C=O) groups is 1. The summed E-state index contributed by atoms with van der Waals surface area (Å²) in [5.74, 6) is 0.842. The zero-order chi connectivity index (χ0) is 19.7. The van der Waals surface area contributed by atoms with Gasteiger partial charge in [0.15, 0.2) is 17.0 Å². The second-order valence-electron chi connectivity index (χ2n) is 6.84. The van der Waals surface area contributed by atoms with Crippen LogP contribution in [0.25, 0.3) is 11.2 Å². The predicted octanol–water partition coefficient (Wildman–Crippen LogP) is 2.94. The van der Waals surface area contributed by atoms with Gasteiger partial charge in [0.25, 0.3) is 0 Å². The second kappa shape index (κ2) is 7.73. The fourth-order valence-electron chi connectivity index (χ4n) is 3.51. The fraction of sp³-hybridized carbons (Fsp3) is 0.368. The Morgan fingerprint density at radius 2 is 2.25 bits per heavy atom. The average molecular weight is 400 g/mol. The first-order valence-electron chi connectivity index (χ1n) is 9.33. The number of anilines is 3. The Hall–Kier alpha value is -2.71. The van der Waals surface area contributed by atoms with Crippen molar-refractivity contribution in [2.45, 2.75) is 32.5 Å². The molecule has 0 saturated carbocycles. The van der Waals surface area contributed by atoms with Crippen molar-refractivity contribution in [2.75, 3.05) is 16.8 Å². The normalized spacial score (nSPS) is 19.8. The maximum absolute atomic E-state index is 11.4. The zero-order valence-corrected chi connectivity index (χ0v) is 16.3. The number of rotatable bonds is 5. The average Bonchev–Trinajstić information content (AvgIpc) is 3.11. The monoisotopic (exact) mass is 399 g/mol. The molecule has 0 bridgehead atoms. The summed E-state index contributed by atoms with van der Waals surface area (Å²) in [4.78, 5) is 27.2. The van der Waals surface area contributed by atoms with Crippen LogP contribution < -0.4 is 16.0 Å².